The minimum atomic E-state index is -0.183. The second-order valence-corrected chi connectivity index (χ2v) is 6.12. The van der Waals surface area contributed by atoms with Gasteiger partial charge in [0.05, 0.1) is 12.2 Å². The molecule has 1 atom stereocenters. The lowest BCUT2D eigenvalue weighted by Crippen LogP contribution is -2.53. The van der Waals surface area contributed by atoms with Gasteiger partial charge < -0.3 is 5.32 Å². The molecule has 3 nitrogen and oxygen atoms in total. The Kier molecular flexibility index (Phi) is 4.03. The summed E-state index contributed by atoms with van der Waals surface area (Å²) in [4.78, 5) is 6.50. The molecule has 0 bridgehead atoms. The van der Waals surface area contributed by atoms with Gasteiger partial charge in [0.1, 0.15) is 5.82 Å². The average Bonchev–Trinajstić information content (AvgIpc) is 3.12. The summed E-state index contributed by atoms with van der Waals surface area (Å²) in [6.07, 6.45) is 10.4. The minimum absolute atomic E-state index is 0.0612. The average molecular weight is 277 g/mol. The molecule has 20 heavy (non-hydrogen) atoms. The first-order valence-electron chi connectivity index (χ1n) is 7.80. The highest BCUT2D eigenvalue weighted by molar-refractivity contribution is 5.24. The van der Waals surface area contributed by atoms with Crippen LogP contribution >= 0.6 is 0 Å². The van der Waals surface area contributed by atoms with E-state index in [2.05, 4.69) is 15.2 Å². The molecule has 1 aromatic heterocycles. The molecule has 1 aromatic rings. The summed E-state index contributed by atoms with van der Waals surface area (Å²) in [6.45, 7) is 2.32. The number of likely N-dealkylation sites (tertiary alicyclic amines) is 1. The van der Waals surface area contributed by atoms with Gasteiger partial charge in [-0.25, -0.2) is 4.39 Å². The van der Waals surface area contributed by atoms with E-state index in [-0.39, 0.29) is 17.4 Å². The zero-order chi connectivity index (χ0) is 14.0. The molecule has 110 valence electrons. The summed E-state index contributed by atoms with van der Waals surface area (Å²) in [5.74, 6) is -0.183. The Morgan fingerprint density at radius 3 is 2.55 bits per heavy atom. The van der Waals surface area contributed by atoms with Gasteiger partial charge in [0.15, 0.2) is 0 Å². The molecule has 0 amide bonds. The number of nitrogens with zero attached hydrogens (tertiary/aromatic N) is 2. The van der Waals surface area contributed by atoms with E-state index in [1.165, 1.54) is 44.7 Å². The lowest BCUT2D eigenvalue weighted by atomic mass is 9.82. The Morgan fingerprint density at radius 2 is 1.95 bits per heavy atom. The number of hydrogen-bond donors (Lipinski definition) is 1. The topological polar surface area (TPSA) is 28.2 Å². The van der Waals surface area contributed by atoms with Crippen LogP contribution in [0.4, 0.5) is 4.39 Å². The second-order valence-electron chi connectivity index (χ2n) is 6.12. The van der Waals surface area contributed by atoms with Crippen LogP contribution in [0.1, 0.15) is 50.1 Å². The predicted octanol–water partition coefficient (Wildman–Crippen LogP) is 2.89. The van der Waals surface area contributed by atoms with Gasteiger partial charge in [-0.15, -0.1) is 0 Å². The third kappa shape index (κ3) is 2.25. The number of halogens is 1. The molecule has 0 aromatic carbocycles. The number of pyridine rings is 1. The van der Waals surface area contributed by atoms with E-state index in [1.807, 2.05) is 13.1 Å². The number of nitrogens with one attached hydrogen (secondary N) is 1. The van der Waals surface area contributed by atoms with Crippen molar-refractivity contribution in [2.24, 2.45) is 0 Å². The Bertz CT molecular complexity index is 451. The first kappa shape index (κ1) is 14.0. The van der Waals surface area contributed by atoms with Gasteiger partial charge in [-0.2, -0.15) is 0 Å². The molecule has 1 N–H and O–H groups in total. The third-order valence-corrected chi connectivity index (χ3v) is 5.15. The Labute approximate surface area is 120 Å². The van der Waals surface area contributed by atoms with Crippen molar-refractivity contribution in [3.63, 3.8) is 0 Å². The Morgan fingerprint density at radius 1 is 1.25 bits per heavy atom. The highest BCUT2D eigenvalue weighted by Gasteiger charge is 2.47. The molecular weight excluding hydrogens is 253 g/mol. The molecule has 1 saturated carbocycles. The van der Waals surface area contributed by atoms with Crippen LogP contribution in [0.2, 0.25) is 0 Å². The molecule has 2 heterocycles. The maximum atomic E-state index is 14.2. The van der Waals surface area contributed by atoms with E-state index in [0.717, 1.165) is 18.7 Å². The van der Waals surface area contributed by atoms with E-state index < -0.39 is 0 Å². The van der Waals surface area contributed by atoms with Crippen molar-refractivity contribution in [2.45, 2.75) is 50.1 Å². The van der Waals surface area contributed by atoms with Crippen LogP contribution in [0.15, 0.2) is 18.5 Å². The van der Waals surface area contributed by atoms with E-state index in [1.54, 1.807) is 6.20 Å². The number of hydrogen-bond acceptors (Lipinski definition) is 3. The summed E-state index contributed by atoms with van der Waals surface area (Å²) in [7, 11) is 1.96. The van der Waals surface area contributed by atoms with Crippen molar-refractivity contribution in [1.82, 2.24) is 15.2 Å². The van der Waals surface area contributed by atoms with E-state index in [0.29, 0.717) is 0 Å². The SMILES string of the molecule is CNC(c1ccncc1F)C1(N2CCCC2)CCCC1. The van der Waals surface area contributed by atoms with E-state index in [4.69, 9.17) is 0 Å². The molecule has 3 rings (SSSR count). The highest BCUT2D eigenvalue weighted by atomic mass is 19.1. The van der Waals surface area contributed by atoms with Gasteiger partial charge in [-0.05, 0) is 51.9 Å². The second kappa shape index (κ2) is 5.78. The molecule has 1 saturated heterocycles. The van der Waals surface area contributed by atoms with Gasteiger partial charge in [-0.3, -0.25) is 9.88 Å². The van der Waals surface area contributed by atoms with Crippen LogP contribution in [0, 0.1) is 5.82 Å². The van der Waals surface area contributed by atoms with Crippen molar-refractivity contribution < 1.29 is 4.39 Å². The first-order valence-corrected chi connectivity index (χ1v) is 7.80. The summed E-state index contributed by atoms with van der Waals surface area (Å²) in [6, 6.07) is 1.90. The van der Waals surface area contributed by atoms with Crippen molar-refractivity contribution >= 4 is 0 Å². The molecule has 1 aliphatic carbocycles. The molecule has 1 unspecified atom stereocenters. The molecule has 0 radical (unpaired) electrons. The summed E-state index contributed by atoms with van der Waals surface area (Å²) < 4.78 is 14.2. The minimum Gasteiger partial charge on any atom is -0.311 e. The number of likely N-dealkylation sites (N-methyl/N-ethyl adjacent to an activating group) is 1. The van der Waals surface area contributed by atoms with Crippen LogP contribution in [0.5, 0.6) is 0 Å². The third-order valence-electron chi connectivity index (χ3n) is 5.15. The number of aromatic nitrogens is 1. The number of rotatable bonds is 4. The van der Waals surface area contributed by atoms with E-state index in [9.17, 15) is 4.39 Å². The van der Waals surface area contributed by atoms with Crippen LogP contribution in [-0.2, 0) is 0 Å². The fourth-order valence-corrected chi connectivity index (χ4v) is 4.27. The van der Waals surface area contributed by atoms with Crippen molar-refractivity contribution in [1.29, 1.82) is 0 Å². The van der Waals surface area contributed by atoms with Crippen molar-refractivity contribution in [2.75, 3.05) is 20.1 Å². The maximum absolute atomic E-state index is 14.2. The van der Waals surface area contributed by atoms with Gasteiger partial charge in [-0.1, -0.05) is 12.8 Å². The first-order chi connectivity index (χ1) is 9.78. The van der Waals surface area contributed by atoms with Crippen molar-refractivity contribution in [3.05, 3.63) is 29.8 Å². The van der Waals surface area contributed by atoms with Gasteiger partial charge >= 0.3 is 0 Å². The van der Waals surface area contributed by atoms with Crippen molar-refractivity contribution in [3.8, 4) is 0 Å². The zero-order valence-corrected chi connectivity index (χ0v) is 12.2. The molecule has 2 aliphatic rings. The lowest BCUT2D eigenvalue weighted by molar-refractivity contribution is 0.0781. The fraction of sp³-hybridized carbons (Fsp3) is 0.688. The van der Waals surface area contributed by atoms with Gasteiger partial charge in [0.25, 0.3) is 0 Å². The van der Waals surface area contributed by atoms with Gasteiger partial charge in [0.2, 0.25) is 0 Å². The summed E-state index contributed by atoms with van der Waals surface area (Å²) in [5.41, 5.74) is 0.865. The monoisotopic (exact) mass is 277 g/mol. The quantitative estimate of drug-likeness (QED) is 0.917. The Hall–Kier alpha value is -1.00. The van der Waals surface area contributed by atoms with Gasteiger partial charge in [0, 0.05) is 17.3 Å². The van der Waals surface area contributed by atoms with Crippen LogP contribution in [0.3, 0.4) is 0 Å². The molecule has 4 heteroatoms. The normalized spacial score (nSPS) is 24.1. The zero-order valence-electron chi connectivity index (χ0n) is 12.2. The fourth-order valence-electron chi connectivity index (χ4n) is 4.27. The Balaban J connectivity index is 1.98. The molecular formula is C16H24FN3. The largest absolute Gasteiger partial charge is 0.311 e. The summed E-state index contributed by atoms with van der Waals surface area (Å²) in [5, 5.41) is 3.41. The van der Waals surface area contributed by atoms with Crippen LogP contribution in [-0.4, -0.2) is 35.6 Å². The van der Waals surface area contributed by atoms with Crippen LogP contribution in [0.25, 0.3) is 0 Å². The molecule has 2 fully saturated rings. The highest BCUT2D eigenvalue weighted by Crippen LogP contribution is 2.46. The smallest absolute Gasteiger partial charge is 0.146 e. The van der Waals surface area contributed by atoms with E-state index >= 15 is 0 Å². The molecule has 1 aliphatic heterocycles. The standard InChI is InChI=1S/C16H24FN3/c1-18-15(13-6-9-19-12-14(13)17)16(7-2-3-8-16)20-10-4-5-11-20/h6,9,12,15,18H,2-5,7-8,10-11H2,1H3. The predicted molar refractivity (Wildman–Crippen MR) is 78.0 cm³/mol. The maximum Gasteiger partial charge on any atom is 0.146 e. The summed E-state index contributed by atoms with van der Waals surface area (Å²) >= 11 is 0. The molecule has 0 spiro atoms. The van der Waals surface area contributed by atoms with Crippen LogP contribution < -0.4 is 5.32 Å². The lowest BCUT2D eigenvalue weighted by Gasteiger charge is -2.45.